The first kappa shape index (κ1) is 14.3. The van der Waals surface area contributed by atoms with Crippen LogP contribution >= 0.6 is 11.5 Å². The number of hydrogen-bond acceptors (Lipinski definition) is 5. The minimum absolute atomic E-state index is 0.206. The van der Waals surface area contributed by atoms with Gasteiger partial charge >= 0.3 is 0 Å². The first-order valence-corrected chi connectivity index (χ1v) is 7.04. The van der Waals surface area contributed by atoms with Crippen molar-refractivity contribution in [1.29, 1.82) is 0 Å². The number of nitrogens with zero attached hydrogens (tertiary/aromatic N) is 2. The van der Waals surface area contributed by atoms with Crippen LogP contribution in [0.3, 0.4) is 0 Å². The second-order valence-corrected chi connectivity index (χ2v) is 5.42. The van der Waals surface area contributed by atoms with E-state index in [1.54, 1.807) is 7.05 Å². The molecule has 2 aromatic rings. The Morgan fingerprint density at radius 3 is 2.65 bits per heavy atom. The molecule has 0 unspecified atom stereocenters. The average molecular weight is 290 g/mol. The molecule has 0 saturated heterocycles. The monoisotopic (exact) mass is 290 g/mol. The highest BCUT2D eigenvalue weighted by atomic mass is 32.1. The van der Waals surface area contributed by atoms with E-state index in [-0.39, 0.29) is 11.7 Å². The molecule has 106 valence electrons. The number of amides is 1. The van der Waals surface area contributed by atoms with Crippen molar-refractivity contribution >= 4 is 28.3 Å². The second-order valence-electron chi connectivity index (χ2n) is 4.67. The van der Waals surface area contributed by atoms with Gasteiger partial charge in [-0.25, -0.2) is 0 Å². The Balaban J connectivity index is 2.23. The highest BCUT2D eigenvalue weighted by Crippen LogP contribution is 2.30. The molecular weight excluding hydrogens is 272 g/mol. The van der Waals surface area contributed by atoms with Gasteiger partial charge in [0.1, 0.15) is 10.6 Å². The Bertz CT molecular complexity index is 606. The molecule has 0 aliphatic carbocycles. The number of nitrogens with one attached hydrogen (secondary N) is 1. The van der Waals surface area contributed by atoms with E-state index >= 15 is 0 Å². The summed E-state index contributed by atoms with van der Waals surface area (Å²) in [6.07, 6.45) is 0. The fraction of sp³-hybridized carbons (Fsp3) is 0.286. The van der Waals surface area contributed by atoms with Gasteiger partial charge in [-0.3, -0.25) is 4.79 Å². The van der Waals surface area contributed by atoms with Crippen LogP contribution in [0.15, 0.2) is 24.3 Å². The average Bonchev–Trinajstić information content (AvgIpc) is 2.82. The normalized spacial score (nSPS) is 10.3. The second kappa shape index (κ2) is 5.92. The fourth-order valence-electron chi connectivity index (χ4n) is 1.93. The van der Waals surface area contributed by atoms with Gasteiger partial charge in [0.15, 0.2) is 5.82 Å². The molecule has 0 fully saturated rings. The molecule has 6 heteroatoms. The first-order valence-electron chi connectivity index (χ1n) is 6.27. The molecule has 1 aromatic heterocycles. The molecule has 1 heterocycles. The largest absolute Gasteiger partial charge is 0.382 e. The highest BCUT2D eigenvalue weighted by Gasteiger charge is 2.20. The number of nitrogens with two attached hydrogens (primary N) is 1. The maximum atomic E-state index is 11.9. The van der Waals surface area contributed by atoms with E-state index in [9.17, 15) is 4.79 Å². The number of nitrogen functional groups attached to an aromatic ring is 1. The topological polar surface area (TPSA) is 71.2 Å². The molecule has 0 bridgehead atoms. The van der Waals surface area contributed by atoms with Crippen LogP contribution in [-0.2, 0) is 6.54 Å². The molecule has 0 aliphatic heterocycles. The third-order valence-corrected chi connectivity index (χ3v) is 4.02. The number of rotatable bonds is 4. The molecule has 0 aliphatic rings. The third kappa shape index (κ3) is 2.91. The Labute approximate surface area is 122 Å². The Morgan fingerprint density at radius 2 is 2.05 bits per heavy atom. The molecule has 3 N–H and O–H groups in total. The predicted molar refractivity (Wildman–Crippen MR) is 83.2 cm³/mol. The predicted octanol–water partition coefficient (Wildman–Crippen LogP) is 2.03. The summed E-state index contributed by atoms with van der Waals surface area (Å²) in [5, 5.41) is 3.38. The number of hydrogen-bond donors (Lipinski definition) is 2. The SMILES string of the molecule is CNC(=O)c1c(N)nsc1N(C)Cc1ccc(C)cc1. The number of benzene rings is 1. The van der Waals surface area contributed by atoms with Crippen molar-refractivity contribution in [3.8, 4) is 0 Å². The molecular formula is C14H18N4OS. The van der Waals surface area contributed by atoms with Gasteiger partial charge in [-0.15, -0.1) is 0 Å². The van der Waals surface area contributed by atoms with Crippen molar-refractivity contribution in [2.75, 3.05) is 24.7 Å². The molecule has 0 radical (unpaired) electrons. The fourth-order valence-corrected chi connectivity index (χ4v) is 2.70. The van der Waals surface area contributed by atoms with Gasteiger partial charge in [-0.1, -0.05) is 29.8 Å². The van der Waals surface area contributed by atoms with E-state index in [4.69, 9.17) is 5.73 Å². The van der Waals surface area contributed by atoms with Gasteiger partial charge in [0.2, 0.25) is 0 Å². The molecule has 5 nitrogen and oxygen atoms in total. The number of aryl methyl sites for hydroxylation is 1. The number of carbonyl (C=O) groups excluding carboxylic acids is 1. The lowest BCUT2D eigenvalue weighted by atomic mass is 10.1. The van der Waals surface area contributed by atoms with Crippen molar-refractivity contribution in [2.24, 2.45) is 0 Å². The maximum absolute atomic E-state index is 11.9. The summed E-state index contributed by atoms with van der Waals surface area (Å²) in [5.41, 5.74) is 8.63. The van der Waals surface area contributed by atoms with Gasteiger partial charge in [-0.2, -0.15) is 4.37 Å². The molecule has 1 amide bonds. The Hall–Kier alpha value is -2.08. The first-order chi connectivity index (χ1) is 9.52. The van der Waals surface area contributed by atoms with Crippen LogP contribution in [0.5, 0.6) is 0 Å². The van der Waals surface area contributed by atoms with Crippen LogP contribution in [0, 0.1) is 6.92 Å². The van der Waals surface area contributed by atoms with Gasteiger partial charge in [0.05, 0.1) is 0 Å². The van der Waals surface area contributed by atoms with Crippen molar-refractivity contribution < 1.29 is 4.79 Å². The van der Waals surface area contributed by atoms with Crippen molar-refractivity contribution in [1.82, 2.24) is 9.69 Å². The van der Waals surface area contributed by atoms with E-state index in [0.717, 1.165) is 5.00 Å². The summed E-state index contributed by atoms with van der Waals surface area (Å²) >= 11 is 1.24. The third-order valence-electron chi connectivity index (χ3n) is 3.04. The minimum Gasteiger partial charge on any atom is -0.382 e. The van der Waals surface area contributed by atoms with Gasteiger partial charge in [-0.05, 0) is 24.0 Å². The zero-order valence-electron chi connectivity index (χ0n) is 11.8. The maximum Gasteiger partial charge on any atom is 0.257 e. The van der Waals surface area contributed by atoms with Crippen molar-refractivity contribution in [2.45, 2.75) is 13.5 Å². The van der Waals surface area contributed by atoms with Gasteiger partial charge in [0.25, 0.3) is 5.91 Å². The summed E-state index contributed by atoms with van der Waals surface area (Å²) in [7, 11) is 3.52. The standard InChI is InChI=1S/C14H18N4OS/c1-9-4-6-10(7-5-9)8-18(3)14-11(13(19)16-2)12(15)17-20-14/h4-7H,8H2,1-3H3,(H2,15,17)(H,16,19). The smallest absolute Gasteiger partial charge is 0.257 e. The molecule has 0 spiro atoms. The van der Waals surface area contributed by atoms with Gasteiger partial charge < -0.3 is 16.0 Å². The van der Waals surface area contributed by atoms with Crippen molar-refractivity contribution in [3.63, 3.8) is 0 Å². The minimum atomic E-state index is -0.206. The summed E-state index contributed by atoms with van der Waals surface area (Å²) in [6.45, 7) is 2.76. The quantitative estimate of drug-likeness (QED) is 0.904. The van der Waals surface area contributed by atoms with E-state index in [2.05, 4.69) is 40.9 Å². The lowest BCUT2D eigenvalue weighted by Gasteiger charge is -2.18. The van der Waals surface area contributed by atoms with E-state index in [1.165, 1.54) is 22.7 Å². The highest BCUT2D eigenvalue weighted by molar-refractivity contribution is 7.11. The van der Waals surface area contributed by atoms with E-state index < -0.39 is 0 Å². The zero-order valence-corrected chi connectivity index (χ0v) is 12.6. The summed E-state index contributed by atoms with van der Waals surface area (Å²) < 4.78 is 4.08. The summed E-state index contributed by atoms with van der Waals surface area (Å²) in [5.74, 6) is 0.0714. The van der Waals surface area contributed by atoms with Crippen LogP contribution in [0.25, 0.3) is 0 Å². The lowest BCUT2D eigenvalue weighted by Crippen LogP contribution is -2.23. The van der Waals surface area contributed by atoms with E-state index in [0.29, 0.717) is 12.1 Å². The van der Waals surface area contributed by atoms with Crippen LogP contribution in [0.2, 0.25) is 0 Å². The van der Waals surface area contributed by atoms with E-state index in [1.807, 2.05) is 11.9 Å². The summed E-state index contributed by atoms with van der Waals surface area (Å²) in [4.78, 5) is 13.9. The lowest BCUT2D eigenvalue weighted by molar-refractivity contribution is 0.0964. The molecule has 2 rings (SSSR count). The van der Waals surface area contributed by atoms with Crippen LogP contribution < -0.4 is 16.0 Å². The van der Waals surface area contributed by atoms with Crippen LogP contribution in [-0.4, -0.2) is 24.4 Å². The summed E-state index contributed by atoms with van der Waals surface area (Å²) in [6, 6.07) is 8.30. The van der Waals surface area contributed by atoms with Crippen LogP contribution in [0.1, 0.15) is 21.5 Å². The Kier molecular flexibility index (Phi) is 4.24. The molecule has 1 aromatic carbocycles. The molecule has 20 heavy (non-hydrogen) atoms. The van der Waals surface area contributed by atoms with Crippen LogP contribution in [0.4, 0.5) is 10.8 Å². The zero-order chi connectivity index (χ0) is 14.7. The van der Waals surface area contributed by atoms with Gasteiger partial charge in [0, 0.05) is 20.6 Å². The molecule has 0 saturated carbocycles. The molecule has 0 atom stereocenters. The Morgan fingerprint density at radius 1 is 1.40 bits per heavy atom. The number of carbonyl (C=O) groups is 1. The number of aromatic nitrogens is 1. The number of anilines is 2. The van der Waals surface area contributed by atoms with Crippen molar-refractivity contribution in [3.05, 3.63) is 41.0 Å².